The molecule has 0 amide bonds. The summed E-state index contributed by atoms with van der Waals surface area (Å²) in [5.74, 6) is 0. The number of hydrogen-bond acceptors (Lipinski definition) is 1. The van der Waals surface area contributed by atoms with Crippen molar-refractivity contribution >= 4 is 17.1 Å². The quantitative estimate of drug-likeness (QED) is 0.446. The minimum Gasteiger partial charge on any atom is -0.344 e. The summed E-state index contributed by atoms with van der Waals surface area (Å²) >= 11 is 0. The second-order valence-electron chi connectivity index (χ2n) is 8.88. The van der Waals surface area contributed by atoms with Gasteiger partial charge in [0.1, 0.15) is 7.05 Å². The first-order chi connectivity index (χ1) is 15.3. The Hall–Kier alpha value is -2.61. The Labute approximate surface area is 197 Å². The van der Waals surface area contributed by atoms with Crippen LogP contribution in [0.4, 0.5) is 11.4 Å². The molecule has 0 bridgehead atoms. The van der Waals surface area contributed by atoms with Crippen molar-refractivity contribution in [1.82, 2.24) is 0 Å². The largest absolute Gasteiger partial charge is 0.344 e. The molecule has 2 nitrogen and oxygen atoms in total. The number of rotatable bonds is 3. The van der Waals surface area contributed by atoms with E-state index >= 15 is 0 Å². The van der Waals surface area contributed by atoms with Crippen LogP contribution in [-0.4, -0.2) is 23.9 Å². The van der Waals surface area contributed by atoms with Gasteiger partial charge in [0.15, 0.2) is 5.71 Å². The molecule has 2 aromatic carbocycles. The van der Waals surface area contributed by atoms with Crippen LogP contribution in [0.25, 0.3) is 0 Å². The number of nitrogens with zero attached hydrogens (tertiary/aromatic N) is 2. The first kappa shape index (κ1) is 25.6. The minimum absolute atomic E-state index is 0.0128. The summed E-state index contributed by atoms with van der Waals surface area (Å²) in [6, 6.07) is 17.5. The van der Waals surface area contributed by atoms with E-state index in [0.29, 0.717) is 0 Å². The van der Waals surface area contributed by atoms with Gasteiger partial charge < -0.3 is 4.90 Å². The topological polar surface area (TPSA) is 6.25 Å². The third-order valence-electron chi connectivity index (χ3n) is 6.56. The highest BCUT2D eigenvalue weighted by atomic mass is 15.2. The van der Waals surface area contributed by atoms with Crippen LogP contribution in [0.2, 0.25) is 0 Å². The van der Waals surface area contributed by atoms with Crippen LogP contribution in [0.3, 0.4) is 0 Å². The molecular weight excluding hydrogens is 388 g/mol. The average molecular weight is 432 g/mol. The second kappa shape index (κ2) is 10.3. The van der Waals surface area contributed by atoms with E-state index < -0.39 is 0 Å². The summed E-state index contributed by atoms with van der Waals surface area (Å²) < 4.78 is 2.33. The Morgan fingerprint density at radius 3 is 1.97 bits per heavy atom. The molecule has 32 heavy (non-hydrogen) atoms. The Morgan fingerprint density at radius 1 is 0.812 bits per heavy atom. The molecule has 0 spiro atoms. The standard InChI is InChI=1S/C26H31N2.2C2H6/c1-7-28-22-16-11-9-14-20(22)26(4,5)24(28)18-12-17-23-25(2,3)19-13-8-10-15-21(19)27(23)6;2*1-2/h8-18H,7H2,1-6H3;2*1-2H3/q+1;;. The summed E-state index contributed by atoms with van der Waals surface area (Å²) in [5.41, 5.74) is 8.19. The monoisotopic (exact) mass is 431 g/mol. The zero-order valence-electron chi connectivity index (χ0n) is 22.0. The van der Waals surface area contributed by atoms with Crippen molar-refractivity contribution in [1.29, 1.82) is 0 Å². The first-order valence-electron chi connectivity index (χ1n) is 12.3. The Balaban J connectivity index is 0.000000860. The molecule has 0 radical (unpaired) electrons. The van der Waals surface area contributed by atoms with E-state index in [1.807, 2.05) is 27.7 Å². The molecular formula is C30H43N2+. The maximum Gasteiger partial charge on any atom is 0.209 e. The van der Waals surface area contributed by atoms with Crippen LogP contribution in [0.1, 0.15) is 73.4 Å². The summed E-state index contributed by atoms with van der Waals surface area (Å²) in [7, 11) is 2.17. The zero-order valence-corrected chi connectivity index (χ0v) is 22.0. The smallest absolute Gasteiger partial charge is 0.209 e. The van der Waals surface area contributed by atoms with Crippen molar-refractivity contribution in [2.75, 3.05) is 18.5 Å². The molecule has 0 aliphatic carbocycles. The van der Waals surface area contributed by atoms with E-state index in [1.165, 1.54) is 33.9 Å². The molecule has 0 saturated heterocycles. The average Bonchev–Trinajstić information content (AvgIpc) is 3.16. The summed E-state index contributed by atoms with van der Waals surface area (Å²) in [5, 5.41) is 0. The number of likely N-dealkylation sites (N-methyl/N-ethyl adjacent to an activating group) is 1. The molecule has 0 saturated carbocycles. The lowest BCUT2D eigenvalue weighted by atomic mass is 9.81. The van der Waals surface area contributed by atoms with Crippen molar-refractivity contribution in [3.8, 4) is 0 Å². The van der Waals surface area contributed by atoms with E-state index in [0.717, 1.165) is 6.54 Å². The lowest BCUT2D eigenvalue weighted by Crippen LogP contribution is -2.27. The number of fused-ring (bicyclic) bond motifs is 2. The van der Waals surface area contributed by atoms with Crippen molar-refractivity contribution in [2.45, 2.75) is 73.1 Å². The Bertz CT molecular complexity index is 1020. The van der Waals surface area contributed by atoms with Crippen LogP contribution >= 0.6 is 0 Å². The second-order valence-corrected chi connectivity index (χ2v) is 8.88. The Morgan fingerprint density at radius 2 is 1.38 bits per heavy atom. The fourth-order valence-corrected chi connectivity index (χ4v) is 5.01. The highest BCUT2D eigenvalue weighted by molar-refractivity contribution is 6.03. The molecule has 2 aliphatic heterocycles. The van der Waals surface area contributed by atoms with E-state index in [1.54, 1.807) is 0 Å². The molecule has 2 aromatic rings. The number of anilines is 1. The van der Waals surface area contributed by atoms with Crippen molar-refractivity contribution < 1.29 is 4.58 Å². The fraction of sp³-hybridized carbons (Fsp3) is 0.433. The predicted octanol–water partition coefficient (Wildman–Crippen LogP) is 8.00. The molecule has 0 fully saturated rings. The number of allylic oxidation sites excluding steroid dienone is 4. The normalized spacial score (nSPS) is 18.7. The third-order valence-corrected chi connectivity index (χ3v) is 6.56. The van der Waals surface area contributed by atoms with E-state index in [4.69, 9.17) is 0 Å². The Kier molecular flexibility index (Phi) is 8.29. The van der Waals surface area contributed by atoms with Crippen LogP contribution < -0.4 is 4.90 Å². The molecule has 0 N–H and O–H groups in total. The lowest BCUT2D eigenvalue weighted by molar-refractivity contribution is -0.401. The van der Waals surface area contributed by atoms with Crippen LogP contribution in [0, 0.1) is 0 Å². The molecule has 4 rings (SSSR count). The summed E-state index contributed by atoms with van der Waals surface area (Å²) in [6.45, 7) is 20.5. The third kappa shape index (κ3) is 4.20. The summed E-state index contributed by atoms with van der Waals surface area (Å²) in [4.78, 5) is 2.45. The van der Waals surface area contributed by atoms with Gasteiger partial charge in [-0.05, 0) is 38.5 Å². The lowest BCUT2D eigenvalue weighted by Gasteiger charge is -2.25. The maximum absolute atomic E-state index is 2.45. The molecule has 0 unspecified atom stereocenters. The molecule has 2 heteroatoms. The maximum atomic E-state index is 2.45. The SMILES string of the molecule is CC.CC.CCN1/C(=C/C=C/C2=[N+](C)c3ccccc3C2(C)C)C(C)(C)c2ccccc21. The highest BCUT2D eigenvalue weighted by Gasteiger charge is 2.42. The van der Waals surface area contributed by atoms with Crippen molar-refractivity contribution in [3.63, 3.8) is 0 Å². The van der Waals surface area contributed by atoms with Gasteiger partial charge in [0.2, 0.25) is 5.69 Å². The fourth-order valence-electron chi connectivity index (χ4n) is 5.01. The highest BCUT2D eigenvalue weighted by Crippen LogP contribution is 2.47. The van der Waals surface area contributed by atoms with Gasteiger partial charge in [0.05, 0.1) is 5.41 Å². The van der Waals surface area contributed by atoms with Crippen molar-refractivity contribution in [2.24, 2.45) is 0 Å². The molecule has 2 heterocycles. The van der Waals surface area contributed by atoms with E-state index in [9.17, 15) is 0 Å². The first-order valence-corrected chi connectivity index (χ1v) is 12.3. The number of benzene rings is 2. The van der Waals surface area contributed by atoms with Gasteiger partial charge in [-0.15, -0.1) is 0 Å². The van der Waals surface area contributed by atoms with E-state index in [2.05, 4.69) is 118 Å². The minimum atomic E-state index is 0.0128. The predicted molar refractivity (Wildman–Crippen MR) is 143 cm³/mol. The van der Waals surface area contributed by atoms with Gasteiger partial charge in [0, 0.05) is 41.1 Å². The van der Waals surface area contributed by atoms with Crippen LogP contribution in [0.5, 0.6) is 0 Å². The summed E-state index contributed by atoms with van der Waals surface area (Å²) in [6.07, 6.45) is 6.84. The molecule has 2 aliphatic rings. The molecule has 0 atom stereocenters. The molecule has 172 valence electrons. The molecule has 0 aromatic heterocycles. The van der Waals surface area contributed by atoms with Gasteiger partial charge in [0.25, 0.3) is 0 Å². The van der Waals surface area contributed by atoms with Crippen LogP contribution in [-0.2, 0) is 10.8 Å². The van der Waals surface area contributed by atoms with Gasteiger partial charge in [-0.3, -0.25) is 0 Å². The zero-order chi connectivity index (χ0) is 24.1. The number of para-hydroxylation sites is 2. The van der Waals surface area contributed by atoms with Gasteiger partial charge in [-0.25, -0.2) is 0 Å². The van der Waals surface area contributed by atoms with Gasteiger partial charge >= 0.3 is 0 Å². The van der Waals surface area contributed by atoms with Crippen LogP contribution in [0.15, 0.2) is 72.5 Å². The van der Waals surface area contributed by atoms with Gasteiger partial charge in [-0.1, -0.05) is 84.0 Å². The number of hydrogen-bond donors (Lipinski definition) is 0. The van der Waals surface area contributed by atoms with E-state index in [-0.39, 0.29) is 10.8 Å². The van der Waals surface area contributed by atoms with Gasteiger partial charge in [-0.2, -0.15) is 4.58 Å². The van der Waals surface area contributed by atoms with Crippen molar-refractivity contribution in [3.05, 3.63) is 83.6 Å².